The van der Waals surface area contributed by atoms with Crippen LogP contribution in [0.25, 0.3) is 0 Å². The molecular weight excluding hydrogens is 257 g/mol. The lowest BCUT2D eigenvalue weighted by Gasteiger charge is -2.31. The molecule has 3 nitrogen and oxygen atoms in total. The normalized spacial score (nSPS) is 15.8. The largest absolute Gasteiger partial charge is 0.384 e. The molecule has 1 amide bonds. The molecule has 106 valence electrons. The Kier molecular flexibility index (Phi) is 4.75. The third-order valence-corrected chi connectivity index (χ3v) is 3.75. The Labute approximate surface area is 118 Å². The van der Waals surface area contributed by atoms with Gasteiger partial charge in [0.1, 0.15) is 12.4 Å². The number of hydrogen-bond acceptors (Lipinski definition) is 2. The molecule has 1 unspecified atom stereocenters. The van der Waals surface area contributed by atoms with Gasteiger partial charge in [0, 0.05) is 11.6 Å². The van der Waals surface area contributed by atoms with Gasteiger partial charge in [-0.25, -0.2) is 4.39 Å². The summed E-state index contributed by atoms with van der Waals surface area (Å²) in [6, 6.07) is 4.31. The first-order valence-electron chi connectivity index (χ1n) is 6.82. The molecule has 2 N–H and O–H groups in total. The number of carbonyl (C=O) groups excluding carboxylic acids is 1. The first-order chi connectivity index (χ1) is 9.61. The maximum atomic E-state index is 13.7. The molecule has 20 heavy (non-hydrogen) atoms. The molecule has 1 aromatic rings. The molecule has 1 fully saturated rings. The molecule has 1 saturated carbocycles. The van der Waals surface area contributed by atoms with Gasteiger partial charge in [-0.1, -0.05) is 18.3 Å². The molecule has 1 aliphatic rings. The highest BCUT2D eigenvalue weighted by atomic mass is 19.1. The summed E-state index contributed by atoms with van der Waals surface area (Å²) < 4.78 is 13.7. The van der Waals surface area contributed by atoms with Gasteiger partial charge in [0.2, 0.25) is 0 Å². The predicted molar refractivity (Wildman–Crippen MR) is 74.6 cm³/mol. The second-order valence-electron chi connectivity index (χ2n) is 5.11. The molecule has 2 rings (SSSR count). The fourth-order valence-electron chi connectivity index (χ4n) is 2.24. The van der Waals surface area contributed by atoms with Gasteiger partial charge in [0.25, 0.3) is 5.91 Å². The number of hydrogen-bond donors (Lipinski definition) is 2. The summed E-state index contributed by atoms with van der Waals surface area (Å²) in [6.07, 6.45) is 3.51. The smallest absolute Gasteiger partial charge is 0.251 e. The van der Waals surface area contributed by atoms with Gasteiger partial charge in [-0.05, 0) is 43.9 Å². The van der Waals surface area contributed by atoms with Crippen LogP contribution in [0.4, 0.5) is 4.39 Å². The predicted octanol–water partition coefficient (Wildman–Crippen LogP) is 2.09. The standard InChI is InChI=1S/C16H18FNO2/c1-11(12-4-2-5-12)18-16(20)14-8-7-13(6-3-9-19)15(17)10-14/h7-8,10-12,19H,2,4-5,9H2,1H3,(H,18,20). The van der Waals surface area contributed by atoms with Crippen LogP contribution in [-0.4, -0.2) is 23.7 Å². The highest BCUT2D eigenvalue weighted by Gasteiger charge is 2.25. The van der Waals surface area contributed by atoms with Crippen molar-refractivity contribution < 1.29 is 14.3 Å². The van der Waals surface area contributed by atoms with Crippen molar-refractivity contribution in [3.8, 4) is 11.8 Å². The Morgan fingerprint density at radius 2 is 2.30 bits per heavy atom. The molecule has 0 spiro atoms. The third-order valence-electron chi connectivity index (χ3n) is 3.75. The second kappa shape index (κ2) is 6.53. The monoisotopic (exact) mass is 275 g/mol. The zero-order valence-corrected chi connectivity index (χ0v) is 11.4. The van der Waals surface area contributed by atoms with Crippen molar-refractivity contribution in [1.82, 2.24) is 5.32 Å². The Hall–Kier alpha value is -1.86. The first kappa shape index (κ1) is 14.5. The zero-order valence-electron chi connectivity index (χ0n) is 11.4. The highest BCUT2D eigenvalue weighted by molar-refractivity contribution is 5.94. The summed E-state index contributed by atoms with van der Waals surface area (Å²) in [6.45, 7) is 1.67. The molecule has 0 saturated heterocycles. The van der Waals surface area contributed by atoms with Crippen molar-refractivity contribution in [3.63, 3.8) is 0 Å². The van der Waals surface area contributed by atoms with E-state index in [0.717, 1.165) is 12.8 Å². The van der Waals surface area contributed by atoms with Gasteiger partial charge in [-0.2, -0.15) is 0 Å². The number of rotatable bonds is 3. The molecule has 1 atom stereocenters. The van der Waals surface area contributed by atoms with E-state index in [2.05, 4.69) is 17.2 Å². The topological polar surface area (TPSA) is 49.3 Å². The molecule has 0 aromatic heterocycles. The van der Waals surface area contributed by atoms with Crippen LogP contribution in [0.1, 0.15) is 42.1 Å². The fourth-order valence-corrected chi connectivity index (χ4v) is 2.24. The van der Waals surface area contributed by atoms with E-state index in [4.69, 9.17) is 5.11 Å². The molecule has 0 aliphatic heterocycles. The number of benzene rings is 1. The SMILES string of the molecule is CC(NC(=O)c1ccc(C#CCO)c(F)c1)C1CCC1. The van der Waals surface area contributed by atoms with E-state index in [9.17, 15) is 9.18 Å². The van der Waals surface area contributed by atoms with Crippen molar-refractivity contribution in [2.75, 3.05) is 6.61 Å². The fraction of sp³-hybridized carbons (Fsp3) is 0.438. The maximum absolute atomic E-state index is 13.7. The van der Waals surface area contributed by atoms with E-state index in [0.29, 0.717) is 11.5 Å². The number of carbonyl (C=O) groups is 1. The molecule has 1 aliphatic carbocycles. The van der Waals surface area contributed by atoms with Crippen LogP contribution in [0, 0.1) is 23.6 Å². The van der Waals surface area contributed by atoms with E-state index in [1.165, 1.54) is 18.6 Å². The Balaban J connectivity index is 2.04. The van der Waals surface area contributed by atoms with Crippen LogP contribution in [0.15, 0.2) is 18.2 Å². The summed E-state index contributed by atoms with van der Waals surface area (Å²) in [5, 5.41) is 11.5. The van der Waals surface area contributed by atoms with E-state index in [-0.39, 0.29) is 24.1 Å². The van der Waals surface area contributed by atoms with Crippen LogP contribution < -0.4 is 5.32 Å². The summed E-state index contributed by atoms with van der Waals surface area (Å²) in [4.78, 5) is 12.0. The Bertz CT molecular complexity index is 555. The van der Waals surface area contributed by atoms with E-state index in [1.807, 2.05) is 6.92 Å². The molecular formula is C16H18FNO2. The molecule has 1 aromatic carbocycles. The zero-order chi connectivity index (χ0) is 14.5. The molecule has 0 bridgehead atoms. The lowest BCUT2D eigenvalue weighted by molar-refractivity contribution is 0.0909. The summed E-state index contributed by atoms with van der Waals surface area (Å²) in [5.41, 5.74) is 0.478. The number of halogens is 1. The van der Waals surface area contributed by atoms with Crippen LogP contribution in [0.2, 0.25) is 0 Å². The molecule has 0 heterocycles. The van der Waals surface area contributed by atoms with Crippen LogP contribution in [-0.2, 0) is 0 Å². The minimum atomic E-state index is -0.546. The first-order valence-corrected chi connectivity index (χ1v) is 6.82. The summed E-state index contributed by atoms with van der Waals surface area (Å²) in [5.74, 6) is 4.62. The van der Waals surface area contributed by atoms with Crippen molar-refractivity contribution in [2.45, 2.75) is 32.2 Å². The van der Waals surface area contributed by atoms with Crippen LogP contribution in [0.3, 0.4) is 0 Å². The van der Waals surface area contributed by atoms with Crippen molar-refractivity contribution in [1.29, 1.82) is 0 Å². The summed E-state index contributed by atoms with van der Waals surface area (Å²) >= 11 is 0. The van der Waals surface area contributed by atoms with Gasteiger partial charge >= 0.3 is 0 Å². The lowest BCUT2D eigenvalue weighted by atomic mass is 9.80. The van der Waals surface area contributed by atoms with E-state index < -0.39 is 5.82 Å². The average molecular weight is 275 g/mol. The van der Waals surface area contributed by atoms with Gasteiger partial charge in [0.15, 0.2) is 0 Å². The summed E-state index contributed by atoms with van der Waals surface area (Å²) in [7, 11) is 0. The Morgan fingerprint density at radius 1 is 1.55 bits per heavy atom. The van der Waals surface area contributed by atoms with E-state index >= 15 is 0 Å². The minimum Gasteiger partial charge on any atom is -0.384 e. The minimum absolute atomic E-state index is 0.119. The maximum Gasteiger partial charge on any atom is 0.251 e. The second-order valence-corrected chi connectivity index (χ2v) is 5.11. The van der Waals surface area contributed by atoms with Crippen molar-refractivity contribution in [3.05, 3.63) is 35.1 Å². The number of nitrogens with one attached hydrogen (secondary N) is 1. The average Bonchev–Trinajstić information content (AvgIpc) is 2.35. The van der Waals surface area contributed by atoms with Gasteiger partial charge < -0.3 is 10.4 Å². The van der Waals surface area contributed by atoms with Gasteiger partial charge in [-0.3, -0.25) is 4.79 Å². The van der Waals surface area contributed by atoms with Gasteiger partial charge in [0.05, 0.1) is 5.56 Å². The van der Waals surface area contributed by atoms with Crippen LogP contribution >= 0.6 is 0 Å². The number of aliphatic hydroxyl groups is 1. The quantitative estimate of drug-likeness (QED) is 0.830. The van der Waals surface area contributed by atoms with Crippen LogP contribution in [0.5, 0.6) is 0 Å². The van der Waals surface area contributed by atoms with Crippen molar-refractivity contribution >= 4 is 5.91 Å². The van der Waals surface area contributed by atoms with E-state index in [1.54, 1.807) is 6.07 Å². The lowest BCUT2D eigenvalue weighted by Crippen LogP contribution is -2.40. The third kappa shape index (κ3) is 3.37. The highest BCUT2D eigenvalue weighted by Crippen LogP contribution is 2.29. The number of aliphatic hydroxyl groups excluding tert-OH is 1. The van der Waals surface area contributed by atoms with Crippen molar-refractivity contribution in [2.24, 2.45) is 5.92 Å². The molecule has 0 radical (unpaired) electrons. The number of amides is 1. The Morgan fingerprint density at radius 3 is 2.85 bits per heavy atom. The van der Waals surface area contributed by atoms with Gasteiger partial charge in [-0.15, -0.1) is 0 Å². The molecule has 4 heteroatoms.